The second kappa shape index (κ2) is 7.97. The molecule has 0 spiro atoms. The topological polar surface area (TPSA) is 70.8 Å². The molecule has 6 nitrogen and oxygen atoms in total. The summed E-state index contributed by atoms with van der Waals surface area (Å²) in [7, 11) is 3.21. The first kappa shape index (κ1) is 19.0. The second-order valence-corrected chi connectivity index (χ2v) is 7.22. The zero-order valence-corrected chi connectivity index (χ0v) is 17.0. The Hall–Kier alpha value is -3.32. The summed E-state index contributed by atoms with van der Waals surface area (Å²) in [5.74, 6) is 2.12. The van der Waals surface area contributed by atoms with Crippen LogP contribution in [-0.2, 0) is 6.61 Å². The third-order valence-corrected chi connectivity index (χ3v) is 5.36. The lowest BCUT2D eigenvalue weighted by atomic mass is 10.2. The van der Waals surface area contributed by atoms with E-state index in [9.17, 15) is 4.79 Å². The molecule has 29 heavy (non-hydrogen) atoms. The maximum absolute atomic E-state index is 11.7. The second-order valence-electron chi connectivity index (χ2n) is 6.37. The van der Waals surface area contributed by atoms with E-state index in [0.717, 1.165) is 27.4 Å². The molecule has 0 saturated carbocycles. The first-order valence-corrected chi connectivity index (χ1v) is 9.79. The molecule has 2 aromatic carbocycles. The summed E-state index contributed by atoms with van der Waals surface area (Å²) in [6, 6.07) is 13.0. The van der Waals surface area contributed by atoms with E-state index in [1.807, 2.05) is 29.6 Å². The predicted molar refractivity (Wildman–Crippen MR) is 111 cm³/mol. The number of furan rings is 1. The van der Waals surface area contributed by atoms with Crippen LogP contribution < -0.4 is 14.2 Å². The van der Waals surface area contributed by atoms with Crippen LogP contribution in [0.25, 0.3) is 21.5 Å². The molecule has 7 heteroatoms. The van der Waals surface area contributed by atoms with Crippen LogP contribution in [0.5, 0.6) is 17.2 Å². The lowest BCUT2D eigenvalue weighted by Crippen LogP contribution is -1.97. The molecule has 2 heterocycles. The van der Waals surface area contributed by atoms with Crippen LogP contribution in [0.3, 0.4) is 0 Å². The Bertz CT molecular complexity index is 1160. The number of benzene rings is 2. The standard InChI is InChI=1S/C22H19NO5S/c1-13(24)19-10-18-20(8-17(26-3)9-21(18)28-19)27-11-15-12-29-22(23-15)14-4-6-16(25-2)7-5-14/h4-10,12H,11H2,1-3H3. The first-order valence-electron chi connectivity index (χ1n) is 8.91. The summed E-state index contributed by atoms with van der Waals surface area (Å²) < 4.78 is 22.1. The normalized spacial score (nSPS) is 10.9. The first-order chi connectivity index (χ1) is 14.1. The number of hydrogen-bond acceptors (Lipinski definition) is 7. The number of ether oxygens (including phenoxy) is 3. The van der Waals surface area contributed by atoms with Crippen molar-refractivity contribution >= 4 is 28.1 Å². The average molecular weight is 409 g/mol. The fraction of sp³-hybridized carbons (Fsp3) is 0.182. The number of ketones is 1. The molecule has 0 bridgehead atoms. The Morgan fingerprint density at radius 3 is 2.52 bits per heavy atom. The minimum absolute atomic E-state index is 0.144. The number of thiazole rings is 1. The molecule has 0 unspecified atom stereocenters. The number of aromatic nitrogens is 1. The highest BCUT2D eigenvalue weighted by Crippen LogP contribution is 2.34. The van der Waals surface area contributed by atoms with Crippen LogP contribution >= 0.6 is 11.3 Å². The molecule has 0 atom stereocenters. The van der Waals surface area contributed by atoms with Gasteiger partial charge in [-0.05, 0) is 30.3 Å². The Morgan fingerprint density at radius 2 is 1.83 bits per heavy atom. The molecule has 0 radical (unpaired) electrons. The van der Waals surface area contributed by atoms with Gasteiger partial charge in [0.25, 0.3) is 0 Å². The van der Waals surface area contributed by atoms with Gasteiger partial charge in [0.15, 0.2) is 11.5 Å². The molecular weight excluding hydrogens is 390 g/mol. The molecular formula is C22H19NO5S. The van der Waals surface area contributed by atoms with Gasteiger partial charge in [-0.25, -0.2) is 4.98 Å². The van der Waals surface area contributed by atoms with Gasteiger partial charge in [-0.15, -0.1) is 11.3 Å². The smallest absolute Gasteiger partial charge is 0.194 e. The maximum atomic E-state index is 11.7. The summed E-state index contributed by atoms with van der Waals surface area (Å²) in [5.41, 5.74) is 2.38. The maximum Gasteiger partial charge on any atom is 0.194 e. The van der Waals surface area contributed by atoms with Crippen molar-refractivity contribution in [2.75, 3.05) is 14.2 Å². The van der Waals surface area contributed by atoms with Crippen LogP contribution in [0, 0.1) is 0 Å². The number of Topliss-reactive ketones (excluding diaryl/α,β-unsaturated/α-hetero) is 1. The van der Waals surface area contributed by atoms with Crippen LogP contribution in [0.1, 0.15) is 23.2 Å². The molecule has 4 aromatic rings. The van der Waals surface area contributed by atoms with Crippen LogP contribution in [0.15, 0.2) is 52.3 Å². The van der Waals surface area contributed by atoms with E-state index in [-0.39, 0.29) is 18.2 Å². The summed E-state index contributed by atoms with van der Waals surface area (Å²) in [6.07, 6.45) is 0. The van der Waals surface area contributed by atoms with Gasteiger partial charge in [-0.1, -0.05) is 0 Å². The zero-order chi connectivity index (χ0) is 20.4. The number of carbonyl (C=O) groups excluding carboxylic acids is 1. The van der Waals surface area contributed by atoms with Gasteiger partial charge in [-0.2, -0.15) is 0 Å². The van der Waals surface area contributed by atoms with E-state index in [1.54, 1.807) is 43.8 Å². The van der Waals surface area contributed by atoms with Crippen molar-refractivity contribution in [3.8, 4) is 27.8 Å². The highest BCUT2D eigenvalue weighted by Gasteiger charge is 2.15. The van der Waals surface area contributed by atoms with E-state index in [2.05, 4.69) is 4.98 Å². The van der Waals surface area contributed by atoms with Gasteiger partial charge in [0.1, 0.15) is 34.4 Å². The number of methoxy groups -OCH3 is 2. The highest BCUT2D eigenvalue weighted by atomic mass is 32.1. The minimum Gasteiger partial charge on any atom is -0.497 e. The Balaban J connectivity index is 1.56. The SMILES string of the molecule is COc1ccc(-c2nc(COc3cc(OC)cc4oc(C(C)=O)cc34)cs2)cc1. The molecule has 0 fully saturated rings. The zero-order valence-electron chi connectivity index (χ0n) is 16.2. The van der Waals surface area contributed by atoms with Gasteiger partial charge in [-0.3, -0.25) is 4.79 Å². The number of rotatable bonds is 7. The molecule has 0 saturated heterocycles. The van der Waals surface area contributed by atoms with E-state index in [0.29, 0.717) is 17.1 Å². The molecule has 2 aromatic heterocycles. The van der Waals surface area contributed by atoms with Crippen LogP contribution in [0.2, 0.25) is 0 Å². The molecule has 0 aliphatic rings. The average Bonchev–Trinajstić information content (AvgIpc) is 3.39. The molecule has 0 aliphatic heterocycles. The largest absolute Gasteiger partial charge is 0.497 e. The quantitative estimate of drug-likeness (QED) is 0.383. The van der Waals surface area contributed by atoms with Crippen LogP contribution in [0.4, 0.5) is 0 Å². The summed E-state index contributed by atoms with van der Waals surface area (Å²) in [4.78, 5) is 16.3. The summed E-state index contributed by atoms with van der Waals surface area (Å²) >= 11 is 1.55. The number of carbonyl (C=O) groups is 1. The van der Waals surface area contributed by atoms with Crippen molar-refractivity contribution in [3.05, 3.63) is 59.3 Å². The fourth-order valence-corrected chi connectivity index (χ4v) is 3.70. The molecule has 0 amide bonds. The van der Waals surface area contributed by atoms with Crippen molar-refractivity contribution in [1.29, 1.82) is 0 Å². The predicted octanol–water partition coefficient (Wildman–Crippen LogP) is 5.36. The van der Waals surface area contributed by atoms with Crippen molar-refractivity contribution in [3.63, 3.8) is 0 Å². The Labute approximate surface area is 171 Å². The summed E-state index contributed by atoms with van der Waals surface area (Å²) in [6.45, 7) is 1.75. The molecule has 0 aliphatic carbocycles. The molecule has 148 valence electrons. The van der Waals surface area contributed by atoms with Gasteiger partial charge in [0.2, 0.25) is 0 Å². The lowest BCUT2D eigenvalue weighted by Gasteiger charge is -2.08. The summed E-state index contributed by atoms with van der Waals surface area (Å²) in [5, 5.41) is 3.60. The van der Waals surface area contributed by atoms with Crippen molar-refractivity contribution in [2.45, 2.75) is 13.5 Å². The Kier molecular flexibility index (Phi) is 5.22. The van der Waals surface area contributed by atoms with Gasteiger partial charge < -0.3 is 18.6 Å². The minimum atomic E-state index is -0.144. The van der Waals surface area contributed by atoms with Crippen molar-refractivity contribution in [2.24, 2.45) is 0 Å². The lowest BCUT2D eigenvalue weighted by molar-refractivity contribution is 0.0989. The fourth-order valence-electron chi connectivity index (χ4n) is 2.88. The molecule has 4 rings (SSSR count). The van der Waals surface area contributed by atoms with Crippen LogP contribution in [-0.4, -0.2) is 25.0 Å². The monoisotopic (exact) mass is 409 g/mol. The Morgan fingerprint density at radius 1 is 1.07 bits per heavy atom. The number of nitrogens with zero attached hydrogens (tertiary/aromatic N) is 1. The van der Waals surface area contributed by atoms with E-state index in [4.69, 9.17) is 18.6 Å². The number of hydrogen-bond donors (Lipinski definition) is 0. The van der Waals surface area contributed by atoms with Gasteiger partial charge >= 0.3 is 0 Å². The number of fused-ring (bicyclic) bond motifs is 1. The molecule has 0 N–H and O–H groups in total. The van der Waals surface area contributed by atoms with Gasteiger partial charge in [0, 0.05) is 30.0 Å². The third kappa shape index (κ3) is 3.95. The van der Waals surface area contributed by atoms with Crippen molar-refractivity contribution in [1.82, 2.24) is 4.98 Å². The third-order valence-electron chi connectivity index (χ3n) is 4.42. The highest BCUT2D eigenvalue weighted by molar-refractivity contribution is 7.13. The van der Waals surface area contributed by atoms with E-state index >= 15 is 0 Å². The van der Waals surface area contributed by atoms with E-state index in [1.165, 1.54) is 6.92 Å². The van der Waals surface area contributed by atoms with E-state index < -0.39 is 0 Å². The van der Waals surface area contributed by atoms with Crippen molar-refractivity contribution < 1.29 is 23.4 Å². The van der Waals surface area contributed by atoms with Gasteiger partial charge in [0.05, 0.1) is 25.3 Å².